The van der Waals surface area contributed by atoms with Crippen molar-refractivity contribution in [3.8, 4) is 0 Å². The van der Waals surface area contributed by atoms with Crippen molar-refractivity contribution < 1.29 is 27.7 Å². The molecule has 0 N–H and O–H groups in total. The summed E-state index contributed by atoms with van der Waals surface area (Å²) in [4.78, 5) is 40.1. The van der Waals surface area contributed by atoms with E-state index in [4.69, 9.17) is 4.74 Å². The van der Waals surface area contributed by atoms with Crippen LogP contribution in [0.25, 0.3) is 0 Å². The van der Waals surface area contributed by atoms with E-state index in [9.17, 15) is 28.1 Å². The van der Waals surface area contributed by atoms with Gasteiger partial charge in [-0.1, -0.05) is 18.2 Å². The molecule has 2 fully saturated rings. The highest BCUT2D eigenvalue weighted by Gasteiger charge is 2.36. The van der Waals surface area contributed by atoms with Crippen molar-refractivity contribution in [3.05, 3.63) is 64.2 Å². The summed E-state index contributed by atoms with van der Waals surface area (Å²) in [7, 11) is -3.26. The number of ether oxygens (including phenoxy) is 1. The van der Waals surface area contributed by atoms with Crippen LogP contribution in [0.15, 0.2) is 48.5 Å². The third kappa shape index (κ3) is 5.19. The van der Waals surface area contributed by atoms with Crippen LogP contribution in [0.5, 0.6) is 0 Å². The van der Waals surface area contributed by atoms with Crippen molar-refractivity contribution in [1.82, 2.24) is 0 Å². The molecule has 180 valence electrons. The summed E-state index contributed by atoms with van der Waals surface area (Å²) in [5, 5.41) is 11.3. The molecule has 11 heteroatoms. The summed E-state index contributed by atoms with van der Waals surface area (Å²) in [6.45, 7) is 0.816. The van der Waals surface area contributed by atoms with Crippen molar-refractivity contribution in [2.24, 2.45) is 0 Å². The number of nitrogens with zero attached hydrogens (tertiary/aromatic N) is 3. The first-order valence-corrected chi connectivity index (χ1v) is 12.9. The molecule has 10 nitrogen and oxygen atoms in total. The van der Waals surface area contributed by atoms with E-state index in [1.807, 2.05) is 4.90 Å². The minimum absolute atomic E-state index is 0.0130. The molecule has 34 heavy (non-hydrogen) atoms. The van der Waals surface area contributed by atoms with E-state index in [1.54, 1.807) is 30.3 Å². The molecule has 4 rings (SSSR count). The average molecular weight is 488 g/mol. The molecule has 0 saturated carbocycles. The van der Waals surface area contributed by atoms with Crippen LogP contribution in [0.3, 0.4) is 0 Å². The molecular formula is C23H25N3O7S. The molecule has 2 heterocycles. The Hall–Kier alpha value is -3.47. The largest absolute Gasteiger partial charge is 0.452 e. The lowest BCUT2D eigenvalue weighted by Crippen LogP contribution is -2.43. The van der Waals surface area contributed by atoms with Gasteiger partial charge in [0.15, 0.2) is 16.4 Å². The molecule has 0 spiro atoms. The average Bonchev–Trinajstić information content (AvgIpc) is 3.47. The fourth-order valence-corrected chi connectivity index (χ4v) is 6.14. The molecule has 0 aliphatic carbocycles. The molecule has 2 aromatic rings. The maximum Gasteiger partial charge on any atom is 0.341 e. The van der Waals surface area contributed by atoms with Gasteiger partial charge in [0.05, 0.1) is 33.7 Å². The van der Waals surface area contributed by atoms with E-state index in [2.05, 4.69) is 0 Å². The van der Waals surface area contributed by atoms with Gasteiger partial charge in [-0.25, -0.2) is 13.2 Å². The quantitative estimate of drug-likeness (QED) is 0.331. The van der Waals surface area contributed by atoms with Gasteiger partial charge in [-0.3, -0.25) is 14.9 Å². The number of non-ortho nitro benzene ring substituents is 1. The van der Waals surface area contributed by atoms with E-state index >= 15 is 0 Å². The van der Waals surface area contributed by atoms with E-state index in [-0.39, 0.29) is 22.8 Å². The van der Waals surface area contributed by atoms with Crippen LogP contribution in [0.2, 0.25) is 0 Å². The first-order valence-electron chi connectivity index (χ1n) is 11.0. The molecule has 1 unspecified atom stereocenters. The summed E-state index contributed by atoms with van der Waals surface area (Å²) < 4.78 is 29.3. The van der Waals surface area contributed by atoms with Crippen molar-refractivity contribution in [2.75, 3.05) is 41.0 Å². The van der Waals surface area contributed by atoms with Crippen molar-refractivity contribution in [2.45, 2.75) is 25.3 Å². The lowest BCUT2D eigenvalue weighted by atomic mass is 10.1. The summed E-state index contributed by atoms with van der Waals surface area (Å²) in [6, 6.07) is 12.1. The highest BCUT2D eigenvalue weighted by molar-refractivity contribution is 7.91. The molecule has 2 saturated heterocycles. The predicted octanol–water partition coefficient (Wildman–Crippen LogP) is 2.57. The number of anilines is 2. The maximum absolute atomic E-state index is 13.1. The molecule has 2 aliphatic rings. The van der Waals surface area contributed by atoms with Crippen LogP contribution in [0.4, 0.5) is 17.1 Å². The topological polar surface area (TPSA) is 127 Å². The maximum atomic E-state index is 13.1. The molecule has 2 aliphatic heterocycles. The Morgan fingerprint density at radius 2 is 1.82 bits per heavy atom. The smallest absolute Gasteiger partial charge is 0.341 e. The second kappa shape index (κ2) is 9.80. The highest BCUT2D eigenvalue weighted by Crippen LogP contribution is 2.29. The van der Waals surface area contributed by atoms with Crippen LogP contribution < -0.4 is 9.80 Å². The van der Waals surface area contributed by atoms with Gasteiger partial charge < -0.3 is 14.5 Å². The summed E-state index contributed by atoms with van der Waals surface area (Å²) >= 11 is 0. The zero-order valence-electron chi connectivity index (χ0n) is 18.5. The number of nitro benzene ring substituents is 1. The Kier molecular flexibility index (Phi) is 6.82. The van der Waals surface area contributed by atoms with Crippen LogP contribution in [-0.4, -0.2) is 62.5 Å². The van der Waals surface area contributed by atoms with Gasteiger partial charge in [0.1, 0.15) is 0 Å². The minimum Gasteiger partial charge on any atom is -0.452 e. The normalized spacial score (nSPS) is 19.1. The summed E-state index contributed by atoms with van der Waals surface area (Å²) in [5.41, 5.74) is 0.822. The minimum atomic E-state index is -3.26. The van der Waals surface area contributed by atoms with E-state index in [1.165, 1.54) is 23.1 Å². The third-order valence-corrected chi connectivity index (χ3v) is 7.81. The number of hydrogen-bond donors (Lipinski definition) is 0. The number of benzene rings is 2. The van der Waals surface area contributed by atoms with Gasteiger partial charge in [-0.15, -0.1) is 0 Å². The molecular weight excluding hydrogens is 462 g/mol. The number of para-hydroxylation sites is 1. The Balaban J connectivity index is 1.54. The molecule has 0 bridgehead atoms. The first kappa shape index (κ1) is 23.7. The number of sulfone groups is 1. The van der Waals surface area contributed by atoms with E-state index in [0.717, 1.165) is 25.9 Å². The van der Waals surface area contributed by atoms with Gasteiger partial charge in [0, 0.05) is 30.9 Å². The van der Waals surface area contributed by atoms with E-state index < -0.39 is 39.3 Å². The lowest BCUT2D eigenvalue weighted by molar-refractivity contribution is -0.384. The van der Waals surface area contributed by atoms with Crippen LogP contribution in [0.1, 0.15) is 29.6 Å². The number of carbonyl (C=O) groups excluding carboxylic acids is 2. The number of rotatable bonds is 7. The number of nitro groups is 1. The van der Waals surface area contributed by atoms with Gasteiger partial charge in [0.25, 0.3) is 11.6 Å². The van der Waals surface area contributed by atoms with Crippen LogP contribution in [0, 0.1) is 10.1 Å². The lowest BCUT2D eigenvalue weighted by Gasteiger charge is -2.28. The van der Waals surface area contributed by atoms with Crippen molar-refractivity contribution >= 4 is 38.8 Å². The third-order valence-electron chi connectivity index (χ3n) is 6.06. The number of esters is 1. The van der Waals surface area contributed by atoms with Crippen molar-refractivity contribution in [1.29, 1.82) is 0 Å². The number of amides is 1. The molecule has 2 aromatic carbocycles. The van der Waals surface area contributed by atoms with Crippen LogP contribution in [-0.2, 0) is 19.4 Å². The number of carbonyl (C=O) groups is 2. The second-order valence-electron chi connectivity index (χ2n) is 8.38. The summed E-state index contributed by atoms with van der Waals surface area (Å²) in [6.07, 6.45) is 2.18. The summed E-state index contributed by atoms with van der Waals surface area (Å²) in [5.74, 6) is -1.58. The Morgan fingerprint density at radius 3 is 2.44 bits per heavy atom. The van der Waals surface area contributed by atoms with Crippen molar-refractivity contribution in [3.63, 3.8) is 0 Å². The van der Waals surface area contributed by atoms with Crippen LogP contribution >= 0.6 is 0 Å². The van der Waals surface area contributed by atoms with Gasteiger partial charge in [-0.05, 0) is 37.5 Å². The molecule has 0 radical (unpaired) electrons. The standard InChI is InChI=1S/C23H25N3O7S/c27-22(25(17-6-2-1-3-7-17)19-10-13-34(31,32)16-19)15-33-23(28)20-14-18(26(29)30)8-9-21(20)24-11-4-5-12-24/h1-3,6-9,14,19H,4-5,10-13,15-16H2. The van der Waals surface area contributed by atoms with Gasteiger partial charge in [-0.2, -0.15) is 0 Å². The second-order valence-corrected chi connectivity index (χ2v) is 10.6. The molecule has 0 aromatic heterocycles. The molecule has 1 atom stereocenters. The Labute approximate surface area is 197 Å². The fourth-order valence-electron chi connectivity index (χ4n) is 4.44. The van der Waals surface area contributed by atoms with Gasteiger partial charge in [0.2, 0.25) is 0 Å². The Bertz CT molecular complexity index is 1190. The van der Waals surface area contributed by atoms with E-state index in [0.29, 0.717) is 17.8 Å². The number of hydrogen-bond acceptors (Lipinski definition) is 8. The zero-order chi connectivity index (χ0) is 24.3. The zero-order valence-corrected chi connectivity index (χ0v) is 19.3. The highest BCUT2D eigenvalue weighted by atomic mass is 32.2. The first-order chi connectivity index (χ1) is 16.2. The predicted molar refractivity (Wildman–Crippen MR) is 126 cm³/mol. The Morgan fingerprint density at radius 1 is 1.12 bits per heavy atom. The molecule has 1 amide bonds. The van der Waals surface area contributed by atoms with Gasteiger partial charge >= 0.3 is 5.97 Å². The fraction of sp³-hybridized carbons (Fsp3) is 0.391. The SMILES string of the molecule is O=C(OCC(=O)N(c1ccccc1)C1CCS(=O)(=O)C1)c1cc([N+](=O)[O-])ccc1N1CCCC1. The monoisotopic (exact) mass is 487 g/mol.